The lowest BCUT2D eigenvalue weighted by Gasteiger charge is -2.35. The first-order valence-corrected chi connectivity index (χ1v) is 10.3. The molecule has 1 unspecified atom stereocenters. The molecule has 0 spiro atoms. The third-order valence-electron chi connectivity index (χ3n) is 5.88. The normalized spacial score (nSPS) is 15.6. The average molecular weight is 403 g/mol. The van der Waals surface area contributed by atoms with Gasteiger partial charge in [-0.3, -0.25) is 4.79 Å². The predicted molar refractivity (Wildman–Crippen MR) is 118 cm³/mol. The van der Waals surface area contributed by atoms with Crippen molar-refractivity contribution < 1.29 is 13.9 Å². The number of halogens is 1. The van der Waals surface area contributed by atoms with Crippen LogP contribution >= 0.6 is 0 Å². The fraction of sp³-hybridized carbons (Fsp3) is 0.269. The fourth-order valence-electron chi connectivity index (χ4n) is 3.88. The van der Waals surface area contributed by atoms with E-state index in [1.54, 1.807) is 11.0 Å². The van der Waals surface area contributed by atoms with Crippen molar-refractivity contribution in [1.82, 2.24) is 0 Å². The van der Waals surface area contributed by atoms with Crippen LogP contribution in [-0.4, -0.2) is 11.9 Å². The van der Waals surface area contributed by atoms with Gasteiger partial charge in [0.05, 0.1) is 0 Å². The molecule has 1 atom stereocenters. The van der Waals surface area contributed by atoms with Crippen LogP contribution in [0.2, 0.25) is 0 Å². The summed E-state index contributed by atoms with van der Waals surface area (Å²) in [7, 11) is 0. The van der Waals surface area contributed by atoms with E-state index in [1.807, 2.05) is 43.3 Å². The van der Waals surface area contributed by atoms with Crippen LogP contribution in [0.15, 0.2) is 60.7 Å². The molecule has 3 aromatic carbocycles. The first-order chi connectivity index (χ1) is 14.4. The molecule has 0 saturated heterocycles. The second-order valence-corrected chi connectivity index (χ2v) is 8.07. The molecule has 0 saturated carbocycles. The third kappa shape index (κ3) is 4.09. The Kier molecular flexibility index (Phi) is 5.58. The molecule has 1 heterocycles. The number of amides is 1. The van der Waals surface area contributed by atoms with E-state index in [1.165, 1.54) is 23.3 Å². The molecule has 0 bridgehead atoms. The SMILES string of the molecule is Cc1ccc(OCc2ccc(C(=O)N3c4ccc(F)cc4CCC3C)cc2)cc1C. The average Bonchev–Trinajstić information content (AvgIpc) is 2.74. The Hall–Kier alpha value is -3.14. The lowest BCUT2D eigenvalue weighted by molar-refractivity contribution is 0.0975. The third-order valence-corrected chi connectivity index (χ3v) is 5.88. The highest BCUT2D eigenvalue weighted by molar-refractivity contribution is 6.07. The highest BCUT2D eigenvalue weighted by Gasteiger charge is 2.29. The molecule has 0 radical (unpaired) electrons. The molecular weight excluding hydrogens is 377 g/mol. The monoisotopic (exact) mass is 403 g/mol. The summed E-state index contributed by atoms with van der Waals surface area (Å²) in [5.41, 5.74) is 5.75. The van der Waals surface area contributed by atoms with Gasteiger partial charge in [-0.05, 0) is 98.3 Å². The summed E-state index contributed by atoms with van der Waals surface area (Å²) in [6, 6.07) is 18.3. The van der Waals surface area contributed by atoms with Crippen LogP contribution in [0, 0.1) is 19.7 Å². The molecule has 0 N–H and O–H groups in total. The van der Waals surface area contributed by atoms with Gasteiger partial charge in [-0.15, -0.1) is 0 Å². The van der Waals surface area contributed by atoms with Gasteiger partial charge in [0.1, 0.15) is 18.2 Å². The van der Waals surface area contributed by atoms with E-state index in [0.29, 0.717) is 12.2 Å². The van der Waals surface area contributed by atoms with E-state index in [-0.39, 0.29) is 17.8 Å². The molecule has 0 aromatic heterocycles. The zero-order valence-corrected chi connectivity index (χ0v) is 17.6. The molecule has 3 aromatic rings. The van der Waals surface area contributed by atoms with Gasteiger partial charge < -0.3 is 9.64 Å². The summed E-state index contributed by atoms with van der Waals surface area (Å²) in [6.07, 6.45) is 1.61. The minimum atomic E-state index is -0.260. The van der Waals surface area contributed by atoms with Crippen LogP contribution in [0.1, 0.15) is 46.0 Å². The summed E-state index contributed by atoms with van der Waals surface area (Å²) in [5.74, 6) is 0.518. The number of benzene rings is 3. The number of nitrogens with zero attached hydrogens (tertiary/aromatic N) is 1. The number of anilines is 1. The lowest BCUT2D eigenvalue weighted by atomic mass is 9.95. The highest BCUT2D eigenvalue weighted by atomic mass is 19.1. The number of rotatable bonds is 4. The maximum absolute atomic E-state index is 13.6. The van der Waals surface area contributed by atoms with Gasteiger partial charge in [0.15, 0.2) is 0 Å². The van der Waals surface area contributed by atoms with Crippen molar-refractivity contribution in [1.29, 1.82) is 0 Å². The Morgan fingerprint density at radius 1 is 1.03 bits per heavy atom. The summed E-state index contributed by atoms with van der Waals surface area (Å²) in [5, 5.41) is 0. The highest BCUT2D eigenvalue weighted by Crippen LogP contribution is 2.32. The number of ether oxygens (including phenoxy) is 1. The Morgan fingerprint density at radius 2 is 1.80 bits per heavy atom. The molecule has 30 heavy (non-hydrogen) atoms. The number of hydrogen-bond donors (Lipinski definition) is 0. The molecule has 0 fully saturated rings. The molecule has 1 aliphatic rings. The minimum Gasteiger partial charge on any atom is -0.489 e. The van der Waals surface area contributed by atoms with Gasteiger partial charge in [0.25, 0.3) is 5.91 Å². The number of carbonyl (C=O) groups excluding carboxylic acids is 1. The van der Waals surface area contributed by atoms with Gasteiger partial charge >= 0.3 is 0 Å². The van der Waals surface area contributed by atoms with Crippen molar-refractivity contribution in [3.8, 4) is 5.75 Å². The first-order valence-electron chi connectivity index (χ1n) is 10.3. The van der Waals surface area contributed by atoms with Crippen molar-refractivity contribution in [3.63, 3.8) is 0 Å². The molecule has 3 nitrogen and oxygen atoms in total. The molecule has 1 aliphatic heterocycles. The van der Waals surface area contributed by atoms with Crippen molar-refractivity contribution >= 4 is 11.6 Å². The fourth-order valence-corrected chi connectivity index (χ4v) is 3.88. The standard InChI is InChI=1S/C26H26FNO2/c1-17-4-12-24(14-18(17)2)30-16-20-6-9-21(10-7-20)26(29)28-19(3)5-8-22-15-23(27)11-13-25(22)28/h4,6-7,9-15,19H,5,8,16H2,1-3H3. The lowest BCUT2D eigenvalue weighted by Crippen LogP contribution is -2.42. The van der Waals surface area contributed by atoms with E-state index in [9.17, 15) is 9.18 Å². The smallest absolute Gasteiger partial charge is 0.258 e. The van der Waals surface area contributed by atoms with Crippen molar-refractivity contribution in [3.05, 3.63) is 94.3 Å². The predicted octanol–water partition coefficient (Wildman–Crippen LogP) is 6.00. The zero-order chi connectivity index (χ0) is 21.3. The van der Waals surface area contributed by atoms with Crippen LogP contribution in [0.3, 0.4) is 0 Å². The van der Waals surface area contributed by atoms with Crippen LogP contribution in [0.4, 0.5) is 10.1 Å². The molecule has 154 valence electrons. The molecule has 0 aliphatic carbocycles. The quantitative estimate of drug-likeness (QED) is 0.534. The van der Waals surface area contributed by atoms with E-state index in [4.69, 9.17) is 4.74 Å². The van der Waals surface area contributed by atoms with Crippen LogP contribution in [-0.2, 0) is 13.0 Å². The molecule has 4 heteroatoms. The second-order valence-electron chi connectivity index (χ2n) is 8.07. The van der Waals surface area contributed by atoms with Gasteiger partial charge in [0.2, 0.25) is 0 Å². The number of carbonyl (C=O) groups is 1. The number of aryl methyl sites for hydroxylation is 3. The summed E-state index contributed by atoms with van der Waals surface area (Å²) < 4.78 is 19.5. The zero-order valence-electron chi connectivity index (χ0n) is 17.6. The first kappa shape index (κ1) is 20.1. The van der Waals surface area contributed by atoms with E-state index in [2.05, 4.69) is 19.9 Å². The Balaban J connectivity index is 1.48. The summed E-state index contributed by atoms with van der Waals surface area (Å²) in [4.78, 5) is 15.0. The molecular formula is C26H26FNO2. The largest absolute Gasteiger partial charge is 0.489 e. The van der Waals surface area contributed by atoms with Gasteiger partial charge in [-0.25, -0.2) is 4.39 Å². The van der Waals surface area contributed by atoms with E-state index >= 15 is 0 Å². The number of fused-ring (bicyclic) bond motifs is 1. The van der Waals surface area contributed by atoms with E-state index < -0.39 is 0 Å². The maximum Gasteiger partial charge on any atom is 0.258 e. The second kappa shape index (κ2) is 8.31. The Morgan fingerprint density at radius 3 is 2.53 bits per heavy atom. The van der Waals surface area contributed by atoms with Gasteiger partial charge in [-0.2, -0.15) is 0 Å². The van der Waals surface area contributed by atoms with Gasteiger partial charge in [0, 0.05) is 17.3 Å². The minimum absolute atomic E-state index is 0.0586. The maximum atomic E-state index is 13.6. The van der Waals surface area contributed by atoms with Gasteiger partial charge in [-0.1, -0.05) is 18.2 Å². The van der Waals surface area contributed by atoms with Crippen LogP contribution in [0.25, 0.3) is 0 Å². The summed E-state index contributed by atoms with van der Waals surface area (Å²) in [6.45, 7) is 6.62. The Labute approximate surface area is 177 Å². The Bertz CT molecular complexity index is 1070. The van der Waals surface area contributed by atoms with Crippen molar-refractivity contribution in [2.24, 2.45) is 0 Å². The number of hydrogen-bond acceptors (Lipinski definition) is 2. The summed E-state index contributed by atoms with van der Waals surface area (Å²) >= 11 is 0. The topological polar surface area (TPSA) is 29.5 Å². The van der Waals surface area contributed by atoms with Crippen LogP contribution < -0.4 is 9.64 Å². The van der Waals surface area contributed by atoms with E-state index in [0.717, 1.165) is 35.4 Å². The van der Waals surface area contributed by atoms with Crippen molar-refractivity contribution in [2.45, 2.75) is 46.3 Å². The van der Waals surface area contributed by atoms with Crippen molar-refractivity contribution in [2.75, 3.05) is 4.90 Å². The molecule has 1 amide bonds. The molecule has 4 rings (SSSR count). The van der Waals surface area contributed by atoms with Crippen LogP contribution in [0.5, 0.6) is 5.75 Å².